The molecule has 0 bridgehead atoms. The Labute approximate surface area is 164 Å². The molecule has 0 unspecified atom stereocenters. The maximum absolute atomic E-state index is 12.8. The van der Waals surface area contributed by atoms with Crippen LogP contribution in [0.2, 0.25) is 0 Å². The summed E-state index contributed by atoms with van der Waals surface area (Å²) in [4.78, 5) is 24.4. The second-order valence-electron chi connectivity index (χ2n) is 6.06. The first-order valence-electron chi connectivity index (χ1n) is 8.53. The first-order valence-corrected chi connectivity index (χ1v) is 8.53. The number of rotatable bonds is 4. The molecule has 8 heteroatoms. The van der Waals surface area contributed by atoms with Crippen LogP contribution in [-0.4, -0.2) is 11.9 Å². The molecule has 29 heavy (non-hydrogen) atoms. The molecule has 0 atom stereocenters. The fraction of sp³-hybridized carbons (Fsp3) is 0.0476. The summed E-state index contributed by atoms with van der Waals surface area (Å²) in [6.45, 7) is 0. The molecule has 0 saturated carbocycles. The predicted molar refractivity (Wildman–Crippen MR) is 105 cm³/mol. The van der Waals surface area contributed by atoms with Crippen molar-refractivity contribution in [1.82, 2.24) is 0 Å². The zero-order valence-electron chi connectivity index (χ0n) is 15.0. The molecule has 3 aromatic rings. The number of urea groups is 1. The summed E-state index contributed by atoms with van der Waals surface area (Å²) in [7, 11) is 0. The summed E-state index contributed by atoms with van der Waals surface area (Å²) in [5, 5.41) is 7.67. The fourth-order valence-corrected chi connectivity index (χ4v) is 2.53. The van der Waals surface area contributed by atoms with Gasteiger partial charge in [-0.2, -0.15) is 13.2 Å². The first-order chi connectivity index (χ1) is 13.8. The quantitative estimate of drug-likeness (QED) is 0.534. The normalized spacial score (nSPS) is 10.9. The third-order valence-corrected chi connectivity index (χ3v) is 3.86. The number of halogens is 3. The van der Waals surface area contributed by atoms with Gasteiger partial charge in [0, 0.05) is 22.6 Å². The number of hydrogen-bond acceptors (Lipinski definition) is 2. The molecular weight excluding hydrogens is 383 g/mol. The van der Waals surface area contributed by atoms with E-state index in [9.17, 15) is 22.8 Å². The molecule has 3 rings (SSSR count). The van der Waals surface area contributed by atoms with Crippen molar-refractivity contribution < 1.29 is 22.8 Å². The van der Waals surface area contributed by atoms with Gasteiger partial charge in [0.2, 0.25) is 0 Å². The number of nitrogens with one attached hydrogen (secondary N) is 3. The summed E-state index contributed by atoms with van der Waals surface area (Å²) >= 11 is 0. The highest BCUT2D eigenvalue weighted by atomic mass is 19.4. The third-order valence-electron chi connectivity index (χ3n) is 3.86. The average molecular weight is 399 g/mol. The average Bonchev–Trinajstić information content (AvgIpc) is 2.68. The first kappa shape index (κ1) is 19.9. The van der Waals surface area contributed by atoms with Gasteiger partial charge >= 0.3 is 12.2 Å². The molecule has 148 valence electrons. The van der Waals surface area contributed by atoms with Crippen LogP contribution in [0.15, 0.2) is 78.9 Å². The number of hydrogen-bond donors (Lipinski definition) is 3. The Kier molecular flexibility index (Phi) is 5.82. The summed E-state index contributed by atoms with van der Waals surface area (Å²) in [6.07, 6.45) is -4.50. The van der Waals surface area contributed by atoms with E-state index in [0.29, 0.717) is 11.4 Å². The Bertz CT molecular complexity index is 1020. The Balaban J connectivity index is 1.67. The van der Waals surface area contributed by atoms with E-state index in [-0.39, 0.29) is 11.3 Å². The van der Waals surface area contributed by atoms with Crippen LogP contribution in [0.3, 0.4) is 0 Å². The molecule has 0 aliphatic carbocycles. The number of amides is 3. The Morgan fingerprint density at radius 3 is 1.93 bits per heavy atom. The largest absolute Gasteiger partial charge is 0.416 e. The summed E-state index contributed by atoms with van der Waals surface area (Å²) in [5.41, 5.74) is 0.298. The highest BCUT2D eigenvalue weighted by Crippen LogP contribution is 2.30. The van der Waals surface area contributed by atoms with Gasteiger partial charge in [-0.15, -0.1) is 0 Å². The van der Waals surface area contributed by atoms with Gasteiger partial charge in [0.15, 0.2) is 0 Å². The van der Waals surface area contributed by atoms with Gasteiger partial charge < -0.3 is 16.0 Å². The summed E-state index contributed by atoms with van der Waals surface area (Å²) in [6, 6.07) is 18.7. The van der Waals surface area contributed by atoms with Crippen molar-refractivity contribution in [2.75, 3.05) is 16.0 Å². The van der Waals surface area contributed by atoms with Crippen LogP contribution < -0.4 is 16.0 Å². The molecule has 0 aliphatic rings. The molecule has 0 fully saturated rings. The molecular formula is C21H16F3N3O2. The van der Waals surface area contributed by atoms with Gasteiger partial charge in [-0.1, -0.05) is 30.3 Å². The van der Waals surface area contributed by atoms with Crippen molar-refractivity contribution in [3.8, 4) is 0 Å². The van der Waals surface area contributed by atoms with Crippen LogP contribution in [0.1, 0.15) is 15.9 Å². The van der Waals surface area contributed by atoms with E-state index in [2.05, 4.69) is 16.0 Å². The number of benzene rings is 3. The molecule has 3 aromatic carbocycles. The van der Waals surface area contributed by atoms with Gasteiger partial charge in [0.25, 0.3) is 5.91 Å². The van der Waals surface area contributed by atoms with E-state index in [1.807, 2.05) is 6.07 Å². The van der Waals surface area contributed by atoms with E-state index in [1.165, 1.54) is 24.3 Å². The van der Waals surface area contributed by atoms with E-state index in [0.717, 1.165) is 12.1 Å². The van der Waals surface area contributed by atoms with Crippen LogP contribution >= 0.6 is 0 Å². The number of carbonyl (C=O) groups is 2. The van der Waals surface area contributed by atoms with E-state index < -0.39 is 23.7 Å². The zero-order chi connectivity index (χ0) is 20.9. The van der Waals surface area contributed by atoms with Crippen molar-refractivity contribution in [3.63, 3.8) is 0 Å². The number of carbonyl (C=O) groups excluding carboxylic acids is 2. The van der Waals surface area contributed by atoms with E-state index in [4.69, 9.17) is 0 Å². The molecule has 0 aliphatic heterocycles. The second-order valence-corrected chi connectivity index (χ2v) is 6.06. The SMILES string of the molecule is O=C(Nc1ccccc1)Nc1cccc(C(=O)Nc2cccc(C(F)(F)F)c2)c1. The lowest BCUT2D eigenvalue weighted by molar-refractivity contribution is -0.137. The molecule has 0 radical (unpaired) electrons. The van der Waals surface area contributed by atoms with E-state index >= 15 is 0 Å². The Morgan fingerprint density at radius 2 is 1.24 bits per heavy atom. The topological polar surface area (TPSA) is 70.2 Å². The molecule has 3 amide bonds. The zero-order valence-corrected chi connectivity index (χ0v) is 15.0. The molecule has 0 heterocycles. The predicted octanol–water partition coefficient (Wildman–Crippen LogP) is 5.60. The molecule has 0 spiro atoms. The lowest BCUT2D eigenvalue weighted by atomic mass is 10.1. The number of anilines is 3. The molecule has 3 N–H and O–H groups in total. The minimum atomic E-state index is -4.50. The van der Waals surface area contributed by atoms with Crippen molar-refractivity contribution in [3.05, 3.63) is 90.0 Å². The molecule has 0 aromatic heterocycles. The lowest BCUT2D eigenvalue weighted by Gasteiger charge is -2.11. The van der Waals surface area contributed by atoms with Crippen molar-refractivity contribution in [2.45, 2.75) is 6.18 Å². The van der Waals surface area contributed by atoms with Crippen molar-refractivity contribution >= 4 is 29.0 Å². The number of para-hydroxylation sites is 1. The second kappa shape index (κ2) is 8.47. The van der Waals surface area contributed by atoms with Crippen LogP contribution in [-0.2, 0) is 6.18 Å². The van der Waals surface area contributed by atoms with Crippen LogP contribution in [0.5, 0.6) is 0 Å². The van der Waals surface area contributed by atoms with Gasteiger partial charge in [0.1, 0.15) is 0 Å². The fourth-order valence-electron chi connectivity index (χ4n) is 2.53. The van der Waals surface area contributed by atoms with Gasteiger partial charge in [-0.05, 0) is 48.5 Å². The van der Waals surface area contributed by atoms with Gasteiger partial charge in [-0.3, -0.25) is 4.79 Å². The Morgan fingerprint density at radius 1 is 0.655 bits per heavy atom. The highest BCUT2D eigenvalue weighted by Gasteiger charge is 2.30. The molecule has 0 saturated heterocycles. The monoisotopic (exact) mass is 399 g/mol. The van der Waals surface area contributed by atoms with Crippen LogP contribution in [0.4, 0.5) is 35.0 Å². The van der Waals surface area contributed by atoms with Crippen molar-refractivity contribution in [2.24, 2.45) is 0 Å². The minimum absolute atomic E-state index is 0.0185. The summed E-state index contributed by atoms with van der Waals surface area (Å²) < 4.78 is 38.4. The standard InChI is InChI=1S/C21H16F3N3O2/c22-21(23,24)15-7-5-11-18(13-15)25-19(28)14-6-4-10-17(12-14)27-20(29)26-16-8-2-1-3-9-16/h1-13H,(H,25,28)(H2,26,27,29). The smallest absolute Gasteiger partial charge is 0.322 e. The number of alkyl halides is 3. The highest BCUT2D eigenvalue weighted by molar-refractivity contribution is 6.06. The van der Waals surface area contributed by atoms with Crippen LogP contribution in [0, 0.1) is 0 Å². The Hall–Kier alpha value is -3.81. The third kappa shape index (κ3) is 5.58. The minimum Gasteiger partial charge on any atom is -0.322 e. The molecule has 5 nitrogen and oxygen atoms in total. The van der Waals surface area contributed by atoms with Crippen LogP contribution in [0.25, 0.3) is 0 Å². The lowest BCUT2D eigenvalue weighted by Crippen LogP contribution is -2.20. The van der Waals surface area contributed by atoms with Gasteiger partial charge in [0.05, 0.1) is 5.56 Å². The maximum atomic E-state index is 12.8. The summed E-state index contributed by atoms with van der Waals surface area (Å²) in [5.74, 6) is -0.601. The van der Waals surface area contributed by atoms with Gasteiger partial charge in [-0.25, -0.2) is 4.79 Å². The van der Waals surface area contributed by atoms with E-state index in [1.54, 1.807) is 36.4 Å². The van der Waals surface area contributed by atoms with Crippen molar-refractivity contribution in [1.29, 1.82) is 0 Å². The maximum Gasteiger partial charge on any atom is 0.416 e.